The van der Waals surface area contributed by atoms with Crippen molar-refractivity contribution in [3.8, 4) is 28.6 Å². The van der Waals surface area contributed by atoms with E-state index in [-0.39, 0.29) is 16.8 Å². The van der Waals surface area contributed by atoms with Gasteiger partial charge < -0.3 is 0 Å². The molecule has 4 rings (SSSR count). The Kier molecular flexibility index (Phi) is 4.79. The third kappa shape index (κ3) is 3.33. The Balaban J connectivity index is 1.73. The zero-order chi connectivity index (χ0) is 19.5. The molecule has 4 nitrogen and oxygen atoms in total. The summed E-state index contributed by atoms with van der Waals surface area (Å²) >= 11 is 1.15. The maximum absolute atomic E-state index is 14.0. The first-order chi connectivity index (χ1) is 13.7. The van der Waals surface area contributed by atoms with Crippen LogP contribution in [0.2, 0.25) is 0 Å². The molecule has 0 amide bonds. The molecule has 0 atom stereocenters. The van der Waals surface area contributed by atoms with E-state index < -0.39 is 11.6 Å². The van der Waals surface area contributed by atoms with Crippen molar-refractivity contribution in [2.75, 3.05) is 0 Å². The van der Waals surface area contributed by atoms with Crippen LogP contribution in [0, 0.1) is 23.0 Å². The Labute approximate surface area is 163 Å². The Morgan fingerprint density at radius 2 is 1.82 bits per heavy atom. The van der Waals surface area contributed by atoms with Crippen molar-refractivity contribution in [2.24, 2.45) is 0 Å². The zero-order valence-corrected chi connectivity index (χ0v) is 15.2. The molecule has 2 aromatic carbocycles. The van der Waals surface area contributed by atoms with Gasteiger partial charge in [0.25, 0.3) is 0 Å². The molecule has 0 bridgehead atoms. The highest BCUT2D eigenvalue weighted by Gasteiger charge is 2.16. The van der Waals surface area contributed by atoms with Gasteiger partial charge in [-0.25, -0.2) is 13.8 Å². The maximum Gasteiger partial charge on any atom is 0.135 e. The molecule has 4 aromatic rings. The highest BCUT2D eigenvalue weighted by atomic mass is 32.1. The minimum Gasteiger partial charge on any atom is -0.277 e. The molecule has 136 valence electrons. The lowest BCUT2D eigenvalue weighted by Crippen LogP contribution is -1.90. The van der Waals surface area contributed by atoms with Crippen molar-refractivity contribution in [1.82, 2.24) is 15.2 Å². The van der Waals surface area contributed by atoms with Crippen LogP contribution in [0.1, 0.15) is 10.6 Å². The van der Waals surface area contributed by atoms with Gasteiger partial charge in [-0.05, 0) is 18.2 Å². The lowest BCUT2D eigenvalue weighted by atomic mass is 10.1. The molecule has 2 aromatic heterocycles. The second kappa shape index (κ2) is 7.55. The van der Waals surface area contributed by atoms with E-state index in [9.17, 15) is 14.0 Å². The second-order valence-electron chi connectivity index (χ2n) is 5.87. The van der Waals surface area contributed by atoms with E-state index in [1.807, 2.05) is 30.3 Å². The lowest BCUT2D eigenvalue weighted by Gasteiger charge is -2.01. The molecule has 1 N–H and O–H groups in total. The summed E-state index contributed by atoms with van der Waals surface area (Å²) in [7, 11) is 0. The largest absolute Gasteiger partial charge is 0.277 e. The average Bonchev–Trinajstić information content (AvgIpc) is 3.36. The minimum absolute atomic E-state index is 0.159. The quantitative estimate of drug-likeness (QED) is 0.465. The standard InChI is InChI=1S/C21H12F2N4S/c22-16-7-4-8-17(23)19(16)18-12-28-21(26-18)14(10-24)9-15-11-25-27-20(15)13-5-2-1-3-6-13/h1-9,11-12H,(H,25,27). The number of allylic oxidation sites excluding steroid dienone is 1. The van der Waals surface area contributed by atoms with Gasteiger partial charge in [0.2, 0.25) is 0 Å². The predicted molar refractivity (Wildman–Crippen MR) is 105 cm³/mol. The van der Waals surface area contributed by atoms with Crippen molar-refractivity contribution < 1.29 is 8.78 Å². The number of aromatic amines is 1. The van der Waals surface area contributed by atoms with Crippen molar-refractivity contribution in [2.45, 2.75) is 0 Å². The van der Waals surface area contributed by atoms with Crippen LogP contribution in [0.15, 0.2) is 60.1 Å². The molecule has 0 spiro atoms. The molecule has 0 aliphatic heterocycles. The summed E-state index contributed by atoms with van der Waals surface area (Å²) in [6.07, 6.45) is 3.27. The molecule has 0 saturated carbocycles. The fourth-order valence-corrected chi connectivity index (χ4v) is 3.57. The number of rotatable bonds is 4. The van der Waals surface area contributed by atoms with Gasteiger partial charge in [-0.1, -0.05) is 36.4 Å². The first-order valence-corrected chi connectivity index (χ1v) is 9.16. The van der Waals surface area contributed by atoms with E-state index in [1.54, 1.807) is 12.3 Å². The molecule has 0 saturated heterocycles. The summed E-state index contributed by atoms with van der Waals surface area (Å²) in [5, 5.41) is 18.5. The molecular formula is C21H12F2N4S. The van der Waals surface area contributed by atoms with Crippen LogP contribution in [-0.4, -0.2) is 15.2 Å². The van der Waals surface area contributed by atoms with Crippen LogP contribution in [0.25, 0.3) is 34.2 Å². The molecule has 0 aliphatic carbocycles. The average molecular weight is 390 g/mol. The van der Waals surface area contributed by atoms with Crippen molar-refractivity contribution in [1.29, 1.82) is 5.26 Å². The van der Waals surface area contributed by atoms with Gasteiger partial charge >= 0.3 is 0 Å². The van der Waals surface area contributed by atoms with E-state index in [0.717, 1.165) is 28.2 Å². The van der Waals surface area contributed by atoms with E-state index in [0.29, 0.717) is 5.01 Å². The number of halogens is 2. The molecule has 28 heavy (non-hydrogen) atoms. The van der Waals surface area contributed by atoms with Crippen LogP contribution < -0.4 is 0 Å². The smallest absolute Gasteiger partial charge is 0.135 e. The Morgan fingerprint density at radius 1 is 1.07 bits per heavy atom. The summed E-state index contributed by atoms with van der Waals surface area (Å²) in [5.41, 5.74) is 2.66. The highest BCUT2D eigenvalue weighted by Crippen LogP contribution is 2.31. The summed E-state index contributed by atoms with van der Waals surface area (Å²) < 4.78 is 28.0. The molecule has 0 radical (unpaired) electrons. The van der Waals surface area contributed by atoms with E-state index in [1.165, 1.54) is 23.6 Å². The van der Waals surface area contributed by atoms with Crippen LogP contribution in [0.3, 0.4) is 0 Å². The fourth-order valence-electron chi connectivity index (χ4n) is 2.79. The topological polar surface area (TPSA) is 65.4 Å². The molecule has 0 aliphatic rings. The SMILES string of the molecule is N#CC(=Cc1cn[nH]c1-c1ccccc1)c1nc(-c2c(F)cccc2F)cs1. The Morgan fingerprint density at radius 3 is 2.54 bits per heavy atom. The van der Waals surface area contributed by atoms with Crippen LogP contribution in [0.5, 0.6) is 0 Å². The molecule has 7 heteroatoms. The van der Waals surface area contributed by atoms with E-state index in [2.05, 4.69) is 21.3 Å². The molecule has 0 unspecified atom stereocenters. The number of nitrogens with zero attached hydrogens (tertiary/aromatic N) is 3. The van der Waals surface area contributed by atoms with Crippen LogP contribution in [0.4, 0.5) is 8.78 Å². The number of hydrogen-bond donors (Lipinski definition) is 1. The summed E-state index contributed by atoms with van der Waals surface area (Å²) in [6.45, 7) is 0. The normalized spacial score (nSPS) is 11.4. The van der Waals surface area contributed by atoms with Gasteiger partial charge in [0.15, 0.2) is 0 Å². The first kappa shape index (κ1) is 17.8. The number of H-pyrrole nitrogens is 1. The zero-order valence-electron chi connectivity index (χ0n) is 14.4. The summed E-state index contributed by atoms with van der Waals surface area (Å²) in [5.74, 6) is -1.39. The summed E-state index contributed by atoms with van der Waals surface area (Å²) in [6, 6.07) is 15.3. The minimum atomic E-state index is -0.694. The molecular weight excluding hydrogens is 378 g/mol. The first-order valence-electron chi connectivity index (χ1n) is 8.28. The third-order valence-electron chi connectivity index (χ3n) is 4.10. The summed E-state index contributed by atoms with van der Waals surface area (Å²) in [4.78, 5) is 4.27. The maximum atomic E-state index is 14.0. The van der Waals surface area contributed by atoms with Gasteiger partial charge in [0, 0.05) is 16.5 Å². The number of nitrogens with one attached hydrogen (secondary N) is 1. The highest BCUT2D eigenvalue weighted by molar-refractivity contribution is 7.11. The van der Waals surface area contributed by atoms with E-state index >= 15 is 0 Å². The van der Waals surface area contributed by atoms with Crippen molar-refractivity contribution in [3.05, 3.63) is 82.3 Å². The fraction of sp³-hybridized carbons (Fsp3) is 0. The van der Waals surface area contributed by atoms with Crippen LogP contribution in [-0.2, 0) is 0 Å². The number of hydrogen-bond acceptors (Lipinski definition) is 4. The monoisotopic (exact) mass is 390 g/mol. The van der Waals surface area contributed by atoms with Crippen molar-refractivity contribution in [3.63, 3.8) is 0 Å². The molecule has 0 fully saturated rings. The number of thiazole rings is 1. The predicted octanol–water partition coefficient (Wildman–Crippen LogP) is 5.54. The van der Waals surface area contributed by atoms with E-state index in [4.69, 9.17) is 0 Å². The van der Waals surface area contributed by atoms with Gasteiger partial charge in [-0.3, -0.25) is 5.10 Å². The Hall–Kier alpha value is -3.63. The number of benzene rings is 2. The van der Waals surface area contributed by atoms with Crippen LogP contribution >= 0.6 is 11.3 Å². The van der Waals surface area contributed by atoms with Gasteiger partial charge in [-0.2, -0.15) is 10.4 Å². The van der Waals surface area contributed by atoms with Gasteiger partial charge in [0.1, 0.15) is 22.7 Å². The third-order valence-corrected chi connectivity index (χ3v) is 4.98. The molecule has 2 heterocycles. The lowest BCUT2D eigenvalue weighted by molar-refractivity contribution is 0.589. The number of aromatic nitrogens is 3. The van der Waals surface area contributed by atoms with Crippen molar-refractivity contribution >= 4 is 23.0 Å². The second-order valence-corrected chi connectivity index (χ2v) is 6.73. The van der Waals surface area contributed by atoms with Gasteiger partial charge in [-0.15, -0.1) is 11.3 Å². The van der Waals surface area contributed by atoms with Gasteiger partial charge in [0.05, 0.1) is 28.7 Å². The number of nitriles is 1. The Bertz CT molecular complexity index is 1180.